The monoisotopic (exact) mass is 590 g/mol. The molecule has 225 valence electrons. The lowest BCUT2D eigenvalue weighted by molar-refractivity contribution is 0.320. The molecule has 0 saturated heterocycles. The summed E-state index contributed by atoms with van der Waals surface area (Å²) in [6.07, 6.45) is 37.2. The van der Waals surface area contributed by atoms with Crippen molar-refractivity contribution in [3.63, 3.8) is 0 Å². The molecule has 6 rings (SSSR count). The molecule has 5 radical (unpaired) electrons. The molecular formula is C38H58NP2. The van der Waals surface area contributed by atoms with E-state index in [9.17, 15) is 0 Å². The third-order valence-corrected chi connectivity index (χ3v) is 18.4. The van der Waals surface area contributed by atoms with E-state index in [4.69, 9.17) is 0 Å². The molecule has 0 spiro atoms. The van der Waals surface area contributed by atoms with Gasteiger partial charge in [-0.3, -0.25) is 0 Å². The summed E-state index contributed by atoms with van der Waals surface area (Å²) in [6, 6.07) is 10.4. The van der Waals surface area contributed by atoms with E-state index in [-0.39, 0.29) is 15.8 Å². The van der Waals surface area contributed by atoms with E-state index in [1.165, 1.54) is 128 Å². The predicted molar refractivity (Wildman–Crippen MR) is 183 cm³/mol. The Labute approximate surface area is 257 Å². The molecule has 0 aliphatic heterocycles. The summed E-state index contributed by atoms with van der Waals surface area (Å²) in [4.78, 5) is 2.60. The smallest absolute Gasteiger partial charge is 0.0423 e. The maximum absolute atomic E-state index is 2.62. The second-order valence-electron chi connectivity index (χ2n) is 14.3. The average molecular weight is 591 g/mol. The summed E-state index contributed by atoms with van der Waals surface area (Å²) >= 11 is 0. The number of rotatable bonds is 9. The topological polar surface area (TPSA) is 3.24 Å². The Balaban J connectivity index is 1.35. The van der Waals surface area contributed by atoms with Crippen LogP contribution in [0.3, 0.4) is 0 Å². The van der Waals surface area contributed by atoms with E-state index < -0.39 is 0 Å². The molecule has 1 nitrogen and oxygen atoms in total. The Bertz CT molecular complexity index is 871. The maximum Gasteiger partial charge on any atom is 0.0423 e. The Morgan fingerprint density at radius 2 is 1.00 bits per heavy atom. The van der Waals surface area contributed by atoms with Gasteiger partial charge in [0.05, 0.1) is 0 Å². The largest absolute Gasteiger partial charge is 0.302 e. The van der Waals surface area contributed by atoms with Crippen molar-refractivity contribution in [1.29, 1.82) is 0 Å². The molecule has 5 aliphatic carbocycles. The van der Waals surface area contributed by atoms with Crippen molar-refractivity contribution in [2.45, 2.75) is 157 Å². The van der Waals surface area contributed by atoms with Crippen molar-refractivity contribution in [2.24, 2.45) is 0 Å². The Morgan fingerprint density at radius 3 is 1.46 bits per heavy atom. The van der Waals surface area contributed by atoms with Crippen molar-refractivity contribution < 1.29 is 0 Å². The van der Waals surface area contributed by atoms with E-state index in [2.05, 4.69) is 62.5 Å². The van der Waals surface area contributed by atoms with Gasteiger partial charge in [0, 0.05) is 17.6 Å². The number of hydrogen-bond acceptors (Lipinski definition) is 1. The third kappa shape index (κ3) is 7.31. The summed E-state index contributed by atoms with van der Waals surface area (Å²) in [5.74, 6) is 1.69. The van der Waals surface area contributed by atoms with E-state index in [0.717, 1.165) is 22.6 Å². The summed E-state index contributed by atoms with van der Waals surface area (Å²) in [6.45, 7) is 0. The van der Waals surface area contributed by atoms with Crippen molar-refractivity contribution in [3.05, 3.63) is 60.7 Å². The van der Waals surface area contributed by atoms with Gasteiger partial charge >= 0.3 is 0 Å². The fourth-order valence-electron chi connectivity index (χ4n) is 9.39. The Kier molecular flexibility index (Phi) is 11.6. The molecule has 1 atom stereocenters. The summed E-state index contributed by atoms with van der Waals surface area (Å²) in [7, 11) is 4.55. The van der Waals surface area contributed by atoms with Crippen LogP contribution in [0.5, 0.6) is 0 Å². The van der Waals surface area contributed by atoms with Gasteiger partial charge in [0.2, 0.25) is 0 Å². The molecule has 1 aromatic rings. The van der Waals surface area contributed by atoms with E-state index >= 15 is 0 Å². The fourth-order valence-corrected chi connectivity index (χ4v) is 17.3. The lowest BCUT2D eigenvalue weighted by Crippen LogP contribution is -2.35. The zero-order valence-electron chi connectivity index (χ0n) is 26.4. The van der Waals surface area contributed by atoms with Crippen LogP contribution in [-0.4, -0.2) is 41.6 Å². The molecule has 0 amide bonds. The van der Waals surface area contributed by atoms with Crippen LogP contribution in [0.2, 0.25) is 0 Å². The minimum absolute atomic E-state index is 0.0941. The third-order valence-electron chi connectivity index (χ3n) is 11.3. The highest BCUT2D eigenvalue weighted by molar-refractivity contribution is 7.67. The van der Waals surface area contributed by atoms with Crippen LogP contribution in [0.1, 0.15) is 140 Å². The second kappa shape index (κ2) is 15.4. The van der Waals surface area contributed by atoms with Gasteiger partial charge in [0.1, 0.15) is 0 Å². The van der Waals surface area contributed by atoms with Gasteiger partial charge in [0.15, 0.2) is 0 Å². The highest BCUT2D eigenvalue weighted by atomic mass is 31.1. The standard InChI is InChI=1S/C38H58NP2/c1-39(2)38(35-27-17-29-37(35)41(32-22-11-5-12-23-32)33-24-13-6-14-25-33)34-26-15-16-28-36(34)40(30-18-7-3-8-19-30)31-20-9-4-10-21-31/h15-17,26-33,38H,3-14,18-25H2,1-2H3/t38-/m1/s1. The first-order valence-corrected chi connectivity index (χ1v) is 20.8. The van der Waals surface area contributed by atoms with Gasteiger partial charge in [-0.05, 0) is 118 Å². The van der Waals surface area contributed by atoms with Crippen LogP contribution >= 0.6 is 15.8 Å². The lowest BCUT2D eigenvalue weighted by Gasteiger charge is -2.46. The van der Waals surface area contributed by atoms with Gasteiger partial charge < -0.3 is 4.90 Å². The van der Waals surface area contributed by atoms with Gasteiger partial charge in [-0.15, -0.1) is 0 Å². The molecule has 0 unspecified atom stereocenters. The van der Waals surface area contributed by atoms with Crippen molar-refractivity contribution in [1.82, 2.24) is 4.90 Å². The van der Waals surface area contributed by atoms with Crippen LogP contribution in [0.25, 0.3) is 0 Å². The molecule has 1 aromatic carbocycles. The average Bonchev–Trinajstić information content (AvgIpc) is 3.49. The fraction of sp³-hybridized carbons (Fsp3) is 0.711. The predicted octanol–water partition coefficient (Wildman–Crippen LogP) is 10.9. The molecule has 5 saturated carbocycles. The molecular weight excluding hydrogens is 532 g/mol. The van der Waals surface area contributed by atoms with Crippen LogP contribution in [0.15, 0.2) is 24.3 Å². The van der Waals surface area contributed by atoms with Crippen molar-refractivity contribution >= 4 is 21.1 Å². The maximum atomic E-state index is 2.62. The number of nitrogens with zero attached hydrogens (tertiary/aromatic N) is 1. The normalized spacial score (nSPS) is 26.5. The first kappa shape index (κ1) is 31.0. The van der Waals surface area contributed by atoms with E-state index in [0.29, 0.717) is 6.04 Å². The van der Waals surface area contributed by atoms with E-state index in [1.54, 1.807) is 16.8 Å². The minimum atomic E-state index is -0.117. The SMILES string of the molecule is CN(C)[C@@H]([C]1[CH][CH][CH][C]1P(C1CCCCC1)C1CCCCC1)c1ccccc1P(C1CCCCC1)C1CCCCC1. The van der Waals surface area contributed by atoms with Crippen molar-refractivity contribution in [2.75, 3.05) is 14.1 Å². The Hall–Kier alpha value is 0.0400. The molecule has 41 heavy (non-hydrogen) atoms. The zero-order valence-corrected chi connectivity index (χ0v) is 28.2. The summed E-state index contributed by atoms with van der Waals surface area (Å²) < 4.78 is 0. The quantitative estimate of drug-likeness (QED) is 0.259. The second-order valence-corrected chi connectivity index (χ2v) is 19.8. The highest BCUT2D eigenvalue weighted by Gasteiger charge is 2.47. The van der Waals surface area contributed by atoms with Crippen LogP contribution in [-0.2, 0) is 0 Å². The molecule has 5 fully saturated rings. The molecule has 5 aliphatic rings. The van der Waals surface area contributed by atoms with Crippen LogP contribution < -0.4 is 5.30 Å². The minimum Gasteiger partial charge on any atom is -0.302 e. The summed E-state index contributed by atoms with van der Waals surface area (Å²) in [5.41, 5.74) is 7.31. The first-order valence-electron chi connectivity index (χ1n) is 17.8. The van der Waals surface area contributed by atoms with Gasteiger partial charge in [-0.2, -0.15) is 0 Å². The first-order chi connectivity index (χ1) is 20.2. The number of hydrogen-bond donors (Lipinski definition) is 0. The molecule has 0 heterocycles. The van der Waals surface area contributed by atoms with Crippen LogP contribution in [0.4, 0.5) is 0 Å². The Morgan fingerprint density at radius 1 is 0.561 bits per heavy atom. The molecule has 0 bridgehead atoms. The molecule has 0 N–H and O–H groups in total. The molecule has 0 aromatic heterocycles. The number of benzene rings is 1. The van der Waals surface area contributed by atoms with Gasteiger partial charge in [0.25, 0.3) is 0 Å². The lowest BCUT2D eigenvalue weighted by atomic mass is 9.90. The highest BCUT2D eigenvalue weighted by Crippen LogP contribution is 2.69. The van der Waals surface area contributed by atoms with Crippen molar-refractivity contribution in [3.8, 4) is 0 Å². The summed E-state index contributed by atoms with van der Waals surface area (Å²) in [5, 5.41) is 1.80. The van der Waals surface area contributed by atoms with E-state index in [1.807, 2.05) is 5.66 Å². The zero-order chi connectivity index (χ0) is 28.0. The van der Waals surface area contributed by atoms with Gasteiger partial charge in [-0.25, -0.2) is 0 Å². The van der Waals surface area contributed by atoms with Crippen LogP contribution in [0, 0.1) is 30.8 Å². The molecule has 3 heteroatoms. The van der Waals surface area contributed by atoms with Gasteiger partial charge in [-0.1, -0.05) is 117 Å².